The van der Waals surface area contributed by atoms with Gasteiger partial charge in [0.1, 0.15) is 0 Å². The fraction of sp³-hybridized carbons (Fsp3) is 0.533. The predicted molar refractivity (Wildman–Crippen MR) is 82.6 cm³/mol. The lowest BCUT2D eigenvalue weighted by atomic mass is 10.1. The predicted octanol–water partition coefficient (Wildman–Crippen LogP) is 1.26. The number of amides is 1. The van der Waals surface area contributed by atoms with Crippen molar-refractivity contribution in [1.29, 1.82) is 0 Å². The Morgan fingerprint density at radius 2 is 2.15 bits per heavy atom. The molecule has 1 aromatic rings. The Kier molecular flexibility index (Phi) is 3.78. The summed E-state index contributed by atoms with van der Waals surface area (Å²) in [5, 5.41) is 6.28. The summed E-state index contributed by atoms with van der Waals surface area (Å²) in [7, 11) is 0. The minimum Gasteiger partial charge on any atom is -0.371 e. The molecule has 2 N–H and O–H groups in total. The molecule has 20 heavy (non-hydrogen) atoms. The van der Waals surface area contributed by atoms with Crippen LogP contribution in [0.25, 0.3) is 0 Å². The number of nitrogens with one attached hydrogen (secondary N) is 2. The van der Waals surface area contributed by atoms with Gasteiger partial charge in [-0.25, -0.2) is 0 Å². The molecule has 0 aliphatic carbocycles. The molecule has 2 heterocycles. The lowest BCUT2D eigenvalue weighted by molar-refractivity contribution is -0.105. The Morgan fingerprint density at radius 1 is 1.30 bits per heavy atom. The molecule has 0 saturated carbocycles. The fourth-order valence-corrected chi connectivity index (χ4v) is 2.89. The summed E-state index contributed by atoms with van der Waals surface area (Å²) in [6, 6.07) is 6.80. The van der Waals surface area contributed by atoms with Crippen LogP contribution in [0.1, 0.15) is 13.3 Å². The largest absolute Gasteiger partial charge is 0.371 e. The van der Waals surface area contributed by atoms with Crippen LogP contribution in [0.5, 0.6) is 0 Å². The lowest BCUT2D eigenvalue weighted by Gasteiger charge is -2.37. The van der Waals surface area contributed by atoms with Crippen LogP contribution in [0.2, 0.25) is 0 Å². The van der Waals surface area contributed by atoms with Crippen molar-refractivity contribution in [3.8, 4) is 0 Å². The second-order valence-electron chi connectivity index (χ2n) is 5.61. The van der Waals surface area contributed by atoms with Gasteiger partial charge in [0.05, 0.1) is 11.4 Å². The molecule has 3 rings (SSSR count). The highest BCUT2D eigenvalue weighted by Crippen LogP contribution is 2.33. The summed E-state index contributed by atoms with van der Waals surface area (Å²) in [4.78, 5) is 15.5. The molecule has 2 aliphatic rings. The first-order valence-electron chi connectivity index (χ1n) is 7.35. The van der Waals surface area contributed by atoms with Gasteiger partial charge < -0.3 is 20.4 Å². The van der Waals surface area contributed by atoms with E-state index in [0.717, 1.165) is 50.5 Å². The number of hydrogen-bond acceptors (Lipinski definition) is 4. The zero-order valence-corrected chi connectivity index (χ0v) is 11.9. The third-order valence-corrected chi connectivity index (χ3v) is 4.13. The summed E-state index contributed by atoms with van der Waals surface area (Å²) in [6.07, 6.45) is 2.03. The maximum atomic E-state index is 10.8. The number of carbonyl (C=O) groups excluding carboxylic acids is 1. The standard InChI is InChI=1S/C15H22N4O/c1-12-10-19(8-5-16-12)15-9-13(18-6-2-7-18)3-4-14(15)17-11-20/h3-4,9,11-12,16H,2,5-8,10H2,1H3,(H,17,20)/t12-/m0/s1. The van der Waals surface area contributed by atoms with Gasteiger partial charge in [0.25, 0.3) is 0 Å². The minimum atomic E-state index is 0.473. The van der Waals surface area contributed by atoms with Crippen LogP contribution in [0.4, 0.5) is 17.1 Å². The highest BCUT2D eigenvalue weighted by atomic mass is 16.1. The van der Waals surface area contributed by atoms with Gasteiger partial charge in [-0.1, -0.05) is 0 Å². The maximum absolute atomic E-state index is 10.8. The smallest absolute Gasteiger partial charge is 0.211 e. The molecule has 2 saturated heterocycles. The van der Waals surface area contributed by atoms with Gasteiger partial charge in [0.15, 0.2) is 0 Å². The van der Waals surface area contributed by atoms with Gasteiger partial charge >= 0.3 is 0 Å². The number of carbonyl (C=O) groups is 1. The highest BCUT2D eigenvalue weighted by molar-refractivity contribution is 5.84. The normalized spacial score (nSPS) is 22.4. The number of benzene rings is 1. The van der Waals surface area contributed by atoms with E-state index in [1.807, 2.05) is 6.07 Å². The zero-order valence-electron chi connectivity index (χ0n) is 11.9. The molecule has 0 spiro atoms. The molecule has 5 heteroatoms. The number of rotatable bonds is 4. The summed E-state index contributed by atoms with van der Waals surface area (Å²) in [5.74, 6) is 0. The van der Waals surface area contributed by atoms with Gasteiger partial charge in [-0.2, -0.15) is 0 Å². The molecular formula is C15H22N4O. The van der Waals surface area contributed by atoms with Gasteiger partial charge in [-0.15, -0.1) is 0 Å². The van der Waals surface area contributed by atoms with E-state index in [9.17, 15) is 4.79 Å². The molecule has 0 unspecified atom stereocenters. The number of hydrogen-bond donors (Lipinski definition) is 2. The van der Waals surface area contributed by atoms with Crippen LogP contribution in [0, 0.1) is 0 Å². The van der Waals surface area contributed by atoms with Crippen molar-refractivity contribution in [2.75, 3.05) is 47.8 Å². The van der Waals surface area contributed by atoms with Crippen molar-refractivity contribution in [1.82, 2.24) is 5.32 Å². The van der Waals surface area contributed by atoms with Crippen LogP contribution in [-0.4, -0.2) is 45.2 Å². The van der Waals surface area contributed by atoms with Crippen molar-refractivity contribution < 1.29 is 4.79 Å². The summed E-state index contributed by atoms with van der Waals surface area (Å²) < 4.78 is 0. The second-order valence-corrected chi connectivity index (χ2v) is 5.61. The molecule has 0 aromatic heterocycles. The SMILES string of the molecule is C[C@H]1CN(c2cc(N3CCC3)ccc2NC=O)CCN1. The van der Waals surface area contributed by atoms with Gasteiger partial charge in [-0.3, -0.25) is 4.79 Å². The molecule has 5 nitrogen and oxygen atoms in total. The Hall–Kier alpha value is -1.75. The van der Waals surface area contributed by atoms with Crippen LogP contribution >= 0.6 is 0 Å². The van der Waals surface area contributed by atoms with Crippen molar-refractivity contribution in [2.24, 2.45) is 0 Å². The van der Waals surface area contributed by atoms with E-state index in [-0.39, 0.29) is 0 Å². The quantitative estimate of drug-likeness (QED) is 0.812. The zero-order chi connectivity index (χ0) is 13.9. The van der Waals surface area contributed by atoms with E-state index in [4.69, 9.17) is 0 Å². The van der Waals surface area contributed by atoms with Gasteiger partial charge in [0, 0.05) is 44.5 Å². The first-order chi connectivity index (χ1) is 9.78. The van der Waals surface area contributed by atoms with E-state index < -0.39 is 0 Å². The molecule has 2 fully saturated rings. The summed E-state index contributed by atoms with van der Waals surface area (Å²) in [6.45, 7) is 7.39. The Balaban J connectivity index is 1.89. The van der Waals surface area contributed by atoms with E-state index in [1.54, 1.807) is 0 Å². The Morgan fingerprint density at radius 3 is 2.80 bits per heavy atom. The Bertz CT molecular complexity index is 487. The van der Waals surface area contributed by atoms with Crippen molar-refractivity contribution >= 4 is 23.5 Å². The highest BCUT2D eigenvalue weighted by Gasteiger charge is 2.21. The number of nitrogens with zero attached hydrogens (tertiary/aromatic N) is 2. The third kappa shape index (κ3) is 2.58. The van der Waals surface area contributed by atoms with Crippen LogP contribution < -0.4 is 20.4 Å². The van der Waals surface area contributed by atoms with Crippen LogP contribution in [0.15, 0.2) is 18.2 Å². The molecule has 1 amide bonds. The molecule has 1 aromatic carbocycles. The first-order valence-corrected chi connectivity index (χ1v) is 7.35. The van der Waals surface area contributed by atoms with Crippen LogP contribution in [0.3, 0.4) is 0 Å². The molecular weight excluding hydrogens is 252 g/mol. The number of anilines is 3. The second kappa shape index (κ2) is 5.71. The fourth-order valence-electron chi connectivity index (χ4n) is 2.89. The van der Waals surface area contributed by atoms with E-state index >= 15 is 0 Å². The van der Waals surface area contributed by atoms with Crippen molar-refractivity contribution in [3.05, 3.63) is 18.2 Å². The maximum Gasteiger partial charge on any atom is 0.211 e. The third-order valence-electron chi connectivity index (χ3n) is 4.13. The van der Waals surface area contributed by atoms with E-state index in [1.165, 1.54) is 12.1 Å². The minimum absolute atomic E-state index is 0.473. The Labute approximate surface area is 119 Å². The summed E-state index contributed by atoms with van der Waals surface area (Å²) >= 11 is 0. The van der Waals surface area contributed by atoms with Gasteiger partial charge in [0.2, 0.25) is 6.41 Å². The molecule has 0 bridgehead atoms. The lowest BCUT2D eigenvalue weighted by Crippen LogP contribution is -2.49. The molecule has 0 radical (unpaired) electrons. The monoisotopic (exact) mass is 274 g/mol. The van der Waals surface area contributed by atoms with Crippen LogP contribution in [-0.2, 0) is 4.79 Å². The molecule has 1 atom stereocenters. The first kappa shape index (κ1) is 13.2. The summed E-state index contributed by atoms with van der Waals surface area (Å²) in [5.41, 5.74) is 3.29. The topological polar surface area (TPSA) is 47.6 Å². The average Bonchev–Trinajstić information content (AvgIpc) is 2.39. The van der Waals surface area contributed by atoms with E-state index in [2.05, 4.69) is 39.5 Å². The van der Waals surface area contributed by atoms with Crippen molar-refractivity contribution in [3.63, 3.8) is 0 Å². The average molecular weight is 274 g/mol. The molecule has 2 aliphatic heterocycles. The molecule has 108 valence electrons. The number of piperazine rings is 1. The van der Waals surface area contributed by atoms with Crippen molar-refractivity contribution in [2.45, 2.75) is 19.4 Å². The van der Waals surface area contributed by atoms with E-state index in [0.29, 0.717) is 6.04 Å². The van der Waals surface area contributed by atoms with Gasteiger partial charge in [-0.05, 0) is 31.5 Å².